The number of benzene rings is 2. The first-order chi connectivity index (χ1) is 20.5. The lowest BCUT2D eigenvalue weighted by Crippen LogP contribution is -2.53. The van der Waals surface area contributed by atoms with Gasteiger partial charge in [-0.1, -0.05) is 42.5 Å². The SMILES string of the molecule is CC(C)NC(=O)C(=O)[C@H](C[C@@H]1CCNC1=O)NC(=O)CNC(=O)[C@H](Cc1ccc(F)cc1)NC(=O)OCc1ccccc1. The molecule has 0 radical (unpaired) electrons. The molecular weight excluding hydrogens is 561 g/mol. The molecule has 5 amide bonds. The lowest BCUT2D eigenvalue weighted by Gasteiger charge is -2.21. The van der Waals surface area contributed by atoms with Crippen LogP contribution in [0.2, 0.25) is 0 Å². The van der Waals surface area contributed by atoms with Crippen molar-refractivity contribution in [3.8, 4) is 0 Å². The van der Waals surface area contributed by atoms with E-state index in [1.807, 2.05) is 6.07 Å². The number of halogens is 1. The van der Waals surface area contributed by atoms with E-state index >= 15 is 0 Å². The standard InChI is InChI=1S/C30H36FN5O7/c1-18(2)34-29(41)26(38)23(15-21-12-13-32-27(21)39)35-25(37)16-33-28(40)24(14-19-8-10-22(31)11-9-19)36-30(42)43-17-20-6-4-3-5-7-20/h3-11,18,21,23-24H,12-17H2,1-2H3,(H,32,39)(H,33,40)(H,34,41)(H,35,37)(H,36,42)/t21-,23-,24-/m0/s1. The summed E-state index contributed by atoms with van der Waals surface area (Å²) in [5, 5.41) is 12.5. The zero-order valence-corrected chi connectivity index (χ0v) is 24.0. The topological polar surface area (TPSA) is 172 Å². The number of rotatable bonds is 14. The fourth-order valence-corrected chi connectivity index (χ4v) is 4.39. The highest BCUT2D eigenvalue weighted by atomic mass is 19.1. The van der Waals surface area contributed by atoms with Gasteiger partial charge in [-0.3, -0.25) is 24.0 Å². The van der Waals surface area contributed by atoms with E-state index in [1.54, 1.807) is 38.1 Å². The van der Waals surface area contributed by atoms with Crippen molar-refractivity contribution in [2.45, 2.75) is 57.8 Å². The van der Waals surface area contributed by atoms with Gasteiger partial charge in [0, 0.05) is 24.9 Å². The van der Waals surface area contributed by atoms with Crippen LogP contribution in [0.3, 0.4) is 0 Å². The zero-order valence-electron chi connectivity index (χ0n) is 24.0. The van der Waals surface area contributed by atoms with Crippen LogP contribution in [-0.4, -0.2) is 66.7 Å². The number of amides is 5. The highest BCUT2D eigenvalue weighted by molar-refractivity contribution is 6.38. The molecule has 1 heterocycles. The van der Waals surface area contributed by atoms with Crippen molar-refractivity contribution in [2.24, 2.45) is 5.92 Å². The average molecular weight is 598 g/mol. The Balaban J connectivity index is 1.63. The fraction of sp³-hybridized carbons (Fsp3) is 0.400. The summed E-state index contributed by atoms with van der Waals surface area (Å²) in [6, 6.07) is 11.4. The van der Waals surface area contributed by atoms with Gasteiger partial charge in [0.15, 0.2) is 0 Å². The number of hydrogen-bond donors (Lipinski definition) is 5. The highest BCUT2D eigenvalue weighted by Crippen LogP contribution is 2.17. The number of ether oxygens (including phenoxy) is 1. The molecule has 2 aromatic carbocycles. The van der Waals surface area contributed by atoms with Gasteiger partial charge in [0.2, 0.25) is 23.5 Å². The second-order valence-electron chi connectivity index (χ2n) is 10.4. The van der Waals surface area contributed by atoms with Gasteiger partial charge in [-0.15, -0.1) is 0 Å². The third-order valence-corrected chi connectivity index (χ3v) is 6.58. The van der Waals surface area contributed by atoms with Crippen LogP contribution in [0.25, 0.3) is 0 Å². The first kappa shape index (κ1) is 32.7. The Hall–Kier alpha value is -4.81. The Morgan fingerprint density at radius 1 is 0.930 bits per heavy atom. The van der Waals surface area contributed by atoms with Gasteiger partial charge < -0.3 is 31.3 Å². The molecule has 0 aromatic heterocycles. The number of ketones is 1. The molecule has 1 fully saturated rings. The van der Waals surface area contributed by atoms with Crippen LogP contribution in [-0.2, 0) is 41.7 Å². The molecule has 0 unspecified atom stereocenters. The smallest absolute Gasteiger partial charge is 0.408 e. The Bertz CT molecular complexity index is 1300. The molecule has 5 N–H and O–H groups in total. The van der Waals surface area contributed by atoms with Crippen molar-refractivity contribution in [3.63, 3.8) is 0 Å². The first-order valence-electron chi connectivity index (χ1n) is 13.9. The minimum absolute atomic E-state index is 0.0402. The summed E-state index contributed by atoms with van der Waals surface area (Å²) >= 11 is 0. The third-order valence-electron chi connectivity index (χ3n) is 6.58. The first-order valence-corrected chi connectivity index (χ1v) is 13.9. The molecule has 0 bridgehead atoms. The summed E-state index contributed by atoms with van der Waals surface area (Å²) in [5.41, 5.74) is 1.26. The molecule has 1 saturated heterocycles. The summed E-state index contributed by atoms with van der Waals surface area (Å²) in [7, 11) is 0. The molecule has 2 aromatic rings. The van der Waals surface area contributed by atoms with Gasteiger partial charge in [-0.2, -0.15) is 0 Å². The van der Waals surface area contributed by atoms with E-state index < -0.39 is 60.0 Å². The molecule has 43 heavy (non-hydrogen) atoms. The maximum atomic E-state index is 13.4. The molecule has 0 saturated carbocycles. The van der Waals surface area contributed by atoms with Crippen molar-refractivity contribution in [1.29, 1.82) is 0 Å². The van der Waals surface area contributed by atoms with Gasteiger partial charge in [-0.05, 0) is 49.9 Å². The average Bonchev–Trinajstić information content (AvgIpc) is 3.38. The quantitative estimate of drug-likeness (QED) is 0.201. The molecular formula is C30H36FN5O7. The minimum Gasteiger partial charge on any atom is -0.445 e. The maximum Gasteiger partial charge on any atom is 0.408 e. The predicted molar refractivity (Wildman–Crippen MR) is 153 cm³/mol. The number of Topliss-reactive ketones (excluding diaryl/α,β-unsaturated/α-hetero) is 1. The van der Waals surface area contributed by atoms with E-state index in [4.69, 9.17) is 4.74 Å². The van der Waals surface area contributed by atoms with Crippen LogP contribution in [0.4, 0.5) is 9.18 Å². The Labute approximate surface area is 248 Å². The van der Waals surface area contributed by atoms with Crippen LogP contribution in [0.1, 0.15) is 37.8 Å². The minimum atomic E-state index is -1.29. The molecule has 12 nitrogen and oxygen atoms in total. The van der Waals surface area contributed by atoms with Gasteiger partial charge >= 0.3 is 6.09 Å². The van der Waals surface area contributed by atoms with Gasteiger partial charge in [0.05, 0.1) is 12.6 Å². The number of alkyl carbamates (subject to hydrolysis) is 1. The normalized spacial score (nSPS) is 15.5. The lowest BCUT2D eigenvalue weighted by atomic mass is 9.95. The van der Waals surface area contributed by atoms with E-state index in [1.165, 1.54) is 24.3 Å². The van der Waals surface area contributed by atoms with Gasteiger partial charge in [-0.25, -0.2) is 9.18 Å². The summed E-state index contributed by atoms with van der Waals surface area (Å²) in [5.74, 6) is -4.66. The molecule has 1 aliphatic heterocycles. The van der Waals surface area contributed by atoms with E-state index in [9.17, 15) is 33.2 Å². The van der Waals surface area contributed by atoms with Crippen LogP contribution in [0, 0.1) is 11.7 Å². The second kappa shape index (κ2) is 16.0. The molecule has 1 aliphatic rings. The van der Waals surface area contributed by atoms with Crippen LogP contribution >= 0.6 is 0 Å². The van der Waals surface area contributed by atoms with Crippen LogP contribution < -0.4 is 26.6 Å². The van der Waals surface area contributed by atoms with Crippen LogP contribution in [0.15, 0.2) is 54.6 Å². The van der Waals surface area contributed by atoms with Crippen LogP contribution in [0.5, 0.6) is 0 Å². The van der Waals surface area contributed by atoms with Gasteiger partial charge in [0.25, 0.3) is 5.91 Å². The molecule has 0 spiro atoms. The molecule has 0 aliphatic carbocycles. The van der Waals surface area contributed by atoms with Crippen molar-refractivity contribution < 1.29 is 37.9 Å². The molecule has 230 valence electrons. The van der Waals surface area contributed by atoms with Gasteiger partial charge in [0.1, 0.15) is 18.5 Å². The van der Waals surface area contributed by atoms with E-state index in [-0.39, 0.29) is 31.4 Å². The fourth-order valence-electron chi connectivity index (χ4n) is 4.39. The van der Waals surface area contributed by atoms with Crippen molar-refractivity contribution in [3.05, 3.63) is 71.5 Å². The molecule has 3 atom stereocenters. The molecule has 13 heteroatoms. The predicted octanol–water partition coefficient (Wildman–Crippen LogP) is 0.884. The third kappa shape index (κ3) is 10.8. The summed E-state index contributed by atoms with van der Waals surface area (Å²) in [6.45, 7) is 3.13. The maximum absolute atomic E-state index is 13.4. The van der Waals surface area contributed by atoms with Crippen molar-refractivity contribution >= 4 is 35.5 Å². The largest absolute Gasteiger partial charge is 0.445 e. The number of nitrogens with one attached hydrogen (secondary N) is 5. The van der Waals surface area contributed by atoms with E-state index in [0.717, 1.165) is 5.56 Å². The zero-order chi connectivity index (χ0) is 31.4. The lowest BCUT2D eigenvalue weighted by molar-refractivity contribution is -0.141. The van der Waals surface area contributed by atoms with E-state index in [0.29, 0.717) is 18.5 Å². The van der Waals surface area contributed by atoms with E-state index in [2.05, 4.69) is 26.6 Å². The summed E-state index contributed by atoms with van der Waals surface area (Å²) < 4.78 is 18.6. The summed E-state index contributed by atoms with van der Waals surface area (Å²) in [6.07, 6.45) is -0.565. The second-order valence-corrected chi connectivity index (χ2v) is 10.4. The van der Waals surface area contributed by atoms with Crippen molar-refractivity contribution in [1.82, 2.24) is 26.6 Å². The Morgan fingerprint density at radius 3 is 2.26 bits per heavy atom. The number of carbonyl (C=O) groups is 6. The monoisotopic (exact) mass is 597 g/mol. The molecule has 3 rings (SSSR count). The number of carbonyl (C=O) groups excluding carboxylic acids is 6. The summed E-state index contributed by atoms with van der Waals surface area (Å²) in [4.78, 5) is 75.7. The number of hydrogen-bond acceptors (Lipinski definition) is 7. The highest BCUT2D eigenvalue weighted by Gasteiger charge is 2.34. The Kier molecular flexibility index (Phi) is 12.2. The Morgan fingerprint density at radius 2 is 1.63 bits per heavy atom. The van der Waals surface area contributed by atoms with Crippen molar-refractivity contribution in [2.75, 3.05) is 13.1 Å².